The van der Waals surface area contributed by atoms with Gasteiger partial charge in [0.25, 0.3) is 0 Å². The van der Waals surface area contributed by atoms with Gasteiger partial charge in [-0.1, -0.05) is 56.3 Å². The van der Waals surface area contributed by atoms with E-state index in [1.807, 2.05) is 12.1 Å². The van der Waals surface area contributed by atoms with Crippen molar-refractivity contribution in [2.24, 2.45) is 0 Å². The minimum Gasteiger partial charge on any atom is -0.444 e. The maximum absolute atomic E-state index is 13.2. The smallest absolute Gasteiger partial charge is 0.408 e. The van der Waals surface area contributed by atoms with E-state index in [0.717, 1.165) is 5.56 Å². The minimum absolute atomic E-state index is 0.138. The van der Waals surface area contributed by atoms with E-state index < -0.39 is 26.9 Å². The molecule has 0 saturated carbocycles. The second kappa shape index (κ2) is 8.13. The largest absolute Gasteiger partial charge is 0.444 e. The molecule has 0 bridgehead atoms. The van der Waals surface area contributed by atoms with Crippen molar-refractivity contribution in [3.8, 4) is 0 Å². The van der Waals surface area contributed by atoms with Gasteiger partial charge in [0.1, 0.15) is 5.60 Å². The van der Waals surface area contributed by atoms with E-state index >= 15 is 0 Å². The SMILES string of the molecule is CC(C)c1ccc(C(NC(=O)OC(C)(C)C)S(=O)(=O)c2ccccc2)cc1. The van der Waals surface area contributed by atoms with Crippen LogP contribution in [0.25, 0.3) is 0 Å². The summed E-state index contributed by atoms with van der Waals surface area (Å²) in [6.07, 6.45) is -0.778. The molecule has 0 fully saturated rings. The summed E-state index contributed by atoms with van der Waals surface area (Å²) in [4.78, 5) is 12.4. The molecule has 1 amide bonds. The molecule has 0 spiro atoms. The molecule has 27 heavy (non-hydrogen) atoms. The Morgan fingerprint density at radius 3 is 1.93 bits per heavy atom. The first-order valence-electron chi connectivity index (χ1n) is 8.89. The van der Waals surface area contributed by atoms with E-state index in [0.29, 0.717) is 11.5 Å². The molecular formula is C21H27NO4S. The van der Waals surface area contributed by atoms with Gasteiger partial charge in [0, 0.05) is 0 Å². The molecule has 0 aromatic heterocycles. The van der Waals surface area contributed by atoms with Gasteiger partial charge in [0.2, 0.25) is 9.84 Å². The van der Waals surface area contributed by atoms with E-state index in [9.17, 15) is 13.2 Å². The summed E-state index contributed by atoms with van der Waals surface area (Å²) < 4.78 is 31.6. The first kappa shape index (κ1) is 21.0. The molecular weight excluding hydrogens is 362 g/mol. The number of ether oxygens (including phenoxy) is 1. The zero-order chi connectivity index (χ0) is 20.2. The number of hydrogen-bond donors (Lipinski definition) is 1. The molecule has 146 valence electrons. The fourth-order valence-electron chi connectivity index (χ4n) is 2.56. The first-order chi connectivity index (χ1) is 12.5. The number of sulfone groups is 1. The van der Waals surface area contributed by atoms with Crippen molar-refractivity contribution in [3.63, 3.8) is 0 Å². The average Bonchev–Trinajstić information content (AvgIpc) is 2.59. The summed E-state index contributed by atoms with van der Waals surface area (Å²) in [7, 11) is -3.85. The highest BCUT2D eigenvalue weighted by Crippen LogP contribution is 2.28. The monoisotopic (exact) mass is 389 g/mol. The van der Waals surface area contributed by atoms with Crippen molar-refractivity contribution < 1.29 is 17.9 Å². The molecule has 0 aliphatic heterocycles. The lowest BCUT2D eigenvalue weighted by atomic mass is 10.0. The van der Waals surface area contributed by atoms with Gasteiger partial charge in [-0.05, 0) is 49.9 Å². The fourth-order valence-corrected chi connectivity index (χ4v) is 4.13. The van der Waals surface area contributed by atoms with Crippen molar-refractivity contribution in [1.82, 2.24) is 5.32 Å². The van der Waals surface area contributed by atoms with E-state index in [2.05, 4.69) is 19.2 Å². The van der Waals surface area contributed by atoms with Gasteiger partial charge in [-0.3, -0.25) is 0 Å². The molecule has 0 radical (unpaired) electrons. The van der Waals surface area contributed by atoms with Crippen LogP contribution in [0.1, 0.15) is 57.0 Å². The Bertz CT molecular complexity index is 867. The van der Waals surface area contributed by atoms with Crippen molar-refractivity contribution in [3.05, 3.63) is 65.7 Å². The highest BCUT2D eigenvalue weighted by Gasteiger charge is 2.32. The normalized spacial score (nSPS) is 13.3. The van der Waals surface area contributed by atoms with Crippen LogP contribution in [0, 0.1) is 0 Å². The first-order valence-corrected chi connectivity index (χ1v) is 10.4. The quantitative estimate of drug-likeness (QED) is 0.797. The summed E-state index contributed by atoms with van der Waals surface area (Å²) in [5.74, 6) is 0.321. The fraction of sp³-hybridized carbons (Fsp3) is 0.381. The van der Waals surface area contributed by atoms with Gasteiger partial charge < -0.3 is 10.1 Å². The van der Waals surface area contributed by atoms with Crippen LogP contribution in [0.2, 0.25) is 0 Å². The van der Waals surface area contributed by atoms with Crippen LogP contribution in [0.15, 0.2) is 59.5 Å². The molecule has 6 heteroatoms. The summed E-state index contributed by atoms with van der Waals surface area (Å²) in [6, 6.07) is 15.3. The highest BCUT2D eigenvalue weighted by molar-refractivity contribution is 7.91. The summed E-state index contributed by atoms with van der Waals surface area (Å²) >= 11 is 0. The van der Waals surface area contributed by atoms with E-state index in [-0.39, 0.29) is 4.90 Å². The molecule has 0 saturated heterocycles. The van der Waals surface area contributed by atoms with Gasteiger partial charge in [0.05, 0.1) is 4.90 Å². The van der Waals surface area contributed by atoms with Crippen LogP contribution in [-0.4, -0.2) is 20.1 Å². The number of amides is 1. The Balaban J connectivity index is 2.44. The number of alkyl carbamates (subject to hydrolysis) is 1. The molecule has 1 N–H and O–H groups in total. The van der Waals surface area contributed by atoms with Gasteiger partial charge in [0.15, 0.2) is 5.37 Å². The number of nitrogens with one attached hydrogen (secondary N) is 1. The number of carbonyl (C=O) groups is 1. The topological polar surface area (TPSA) is 72.5 Å². The molecule has 1 unspecified atom stereocenters. The minimum atomic E-state index is -3.85. The second-order valence-electron chi connectivity index (χ2n) is 7.71. The Morgan fingerprint density at radius 1 is 0.926 bits per heavy atom. The molecule has 2 aromatic rings. The van der Waals surface area contributed by atoms with Crippen molar-refractivity contribution in [2.75, 3.05) is 0 Å². The number of hydrogen-bond acceptors (Lipinski definition) is 4. The summed E-state index contributed by atoms with van der Waals surface area (Å²) in [5.41, 5.74) is 0.841. The maximum Gasteiger partial charge on any atom is 0.408 e. The Hall–Kier alpha value is -2.34. The predicted molar refractivity (Wildman–Crippen MR) is 106 cm³/mol. The van der Waals surface area contributed by atoms with Crippen LogP contribution in [0.4, 0.5) is 4.79 Å². The third-order valence-corrected chi connectivity index (χ3v) is 5.88. The summed E-state index contributed by atoms with van der Waals surface area (Å²) in [6.45, 7) is 9.30. The zero-order valence-electron chi connectivity index (χ0n) is 16.4. The van der Waals surface area contributed by atoms with Crippen molar-refractivity contribution in [2.45, 2.75) is 56.4 Å². The molecule has 1 atom stereocenters. The van der Waals surface area contributed by atoms with E-state index in [1.54, 1.807) is 51.1 Å². The van der Waals surface area contributed by atoms with Gasteiger partial charge in [-0.2, -0.15) is 0 Å². The molecule has 2 rings (SSSR count). The third-order valence-electron chi connectivity index (χ3n) is 3.94. The van der Waals surface area contributed by atoms with Gasteiger partial charge >= 0.3 is 6.09 Å². The molecule has 0 aliphatic carbocycles. The lowest BCUT2D eigenvalue weighted by Crippen LogP contribution is -2.38. The van der Waals surface area contributed by atoms with E-state index in [1.165, 1.54) is 12.1 Å². The third kappa shape index (κ3) is 5.57. The van der Waals surface area contributed by atoms with Crippen LogP contribution in [-0.2, 0) is 14.6 Å². The van der Waals surface area contributed by atoms with Gasteiger partial charge in [-0.25, -0.2) is 13.2 Å². The zero-order valence-corrected chi connectivity index (χ0v) is 17.2. The molecule has 0 heterocycles. The standard InChI is InChI=1S/C21H27NO4S/c1-15(2)16-11-13-17(14-12-16)19(22-20(23)26-21(3,4)5)27(24,25)18-9-7-6-8-10-18/h6-15,19H,1-5H3,(H,22,23). The Morgan fingerprint density at radius 2 is 1.44 bits per heavy atom. The average molecular weight is 390 g/mol. The Kier molecular flexibility index (Phi) is 6.31. The second-order valence-corrected chi connectivity index (χ2v) is 9.74. The molecule has 5 nitrogen and oxygen atoms in total. The molecule has 0 aliphatic rings. The van der Waals surface area contributed by atoms with E-state index in [4.69, 9.17) is 4.74 Å². The summed E-state index contributed by atoms with van der Waals surface area (Å²) in [5, 5.41) is 1.29. The van der Waals surface area contributed by atoms with Crippen molar-refractivity contribution in [1.29, 1.82) is 0 Å². The van der Waals surface area contributed by atoms with Crippen LogP contribution >= 0.6 is 0 Å². The Labute approximate surface area is 161 Å². The number of benzene rings is 2. The predicted octanol–water partition coefficient (Wildman–Crippen LogP) is 4.81. The van der Waals surface area contributed by atoms with Crippen molar-refractivity contribution >= 4 is 15.9 Å². The number of rotatable bonds is 5. The van der Waals surface area contributed by atoms with Crippen LogP contribution in [0.5, 0.6) is 0 Å². The molecule has 2 aromatic carbocycles. The van der Waals surface area contributed by atoms with Crippen LogP contribution < -0.4 is 5.32 Å². The number of carbonyl (C=O) groups excluding carboxylic acids is 1. The highest BCUT2D eigenvalue weighted by atomic mass is 32.2. The van der Waals surface area contributed by atoms with Gasteiger partial charge in [-0.15, -0.1) is 0 Å². The van der Waals surface area contributed by atoms with Crippen LogP contribution in [0.3, 0.4) is 0 Å². The lowest BCUT2D eigenvalue weighted by Gasteiger charge is -2.24. The lowest BCUT2D eigenvalue weighted by molar-refractivity contribution is 0.0519. The maximum atomic E-state index is 13.2.